The van der Waals surface area contributed by atoms with Gasteiger partial charge in [-0.25, -0.2) is 0 Å². The van der Waals surface area contributed by atoms with Crippen LogP contribution >= 0.6 is 0 Å². The van der Waals surface area contributed by atoms with Crippen molar-refractivity contribution in [1.29, 1.82) is 0 Å². The molecule has 1 fully saturated rings. The van der Waals surface area contributed by atoms with Gasteiger partial charge in [-0.15, -0.1) is 0 Å². The molecule has 3 unspecified atom stereocenters. The van der Waals surface area contributed by atoms with Crippen LogP contribution in [0.25, 0.3) is 0 Å². The van der Waals surface area contributed by atoms with Crippen LogP contribution in [0, 0.1) is 11.8 Å². The number of hydrogen-bond donors (Lipinski definition) is 1. The van der Waals surface area contributed by atoms with Crippen molar-refractivity contribution in [2.24, 2.45) is 11.8 Å². The van der Waals surface area contributed by atoms with Crippen molar-refractivity contribution in [3.05, 3.63) is 29.8 Å². The zero-order chi connectivity index (χ0) is 12.3. The molecule has 0 aliphatic heterocycles. The van der Waals surface area contributed by atoms with E-state index in [0.717, 1.165) is 17.7 Å². The van der Waals surface area contributed by atoms with E-state index >= 15 is 0 Å². The minimum absolute atomic E-state index is 0.391. The number of para-hydroxylation sites is 1. The first-order chi connectivity index (χ1) is 8.24. The summed E-state index contributed by atoms with van der Waals surface area (Å²) in [6.07, 6.45) is 0.705. The molecule has 3 atom stereocenters. The van der Waals surface area contributed by atoms with E-state index in [9.17, 15) is 5.11 Å². The lowest BCUT2D eigenvalue weighted by molar-refractivity contribution is 0.129. The van der Waals surface area contributed by atoms with Crippen LogP contribution in [0.4, 0.5) is 0 Å². The van der Waals surface area contributed by atoms with E-state index in [0.29, 0.717) is 25.0 Å². The summed E-state index contributed by atoms with van der Waals surface area (Å²) in [5, 5.41) is 10.3. The van der Waals surface area contributed by atoms with E-state index in [1.807, 2.05) is 24.3 Å². The second-order valence-corrected chi connectivity index (χ2v) is 4.70. The van der Waals surface area contributed by atoms with E-state index in [4.69, 9.17) is 9.47 Å². The molecule has 1 aromatic rings. The van der Waals surface area contributed by atoms with Gasteiger partial charge in [-0.1, -0.05) is 25.1 Å². The third kappa shape index (κ3) is 2.99. The molecule has 1 N–H and O–H groups in total. The van der Waals surface area contributed by atoms with Crippen LogP contribution in [0.2, 0.25) is 0 Å². The highest BCUT2D eigenvalue weighted by atomic mass is 16.5. The standard InChI is InChI=1S/C14H20O3/c1-10-9-12(10)14(15)11-5-3-4-6-13(11)17-8-7-16-2/h3-6,10,12,14-15H,7-9H2,1-2H3. The molecular formula is C14H20O3. The predicted molar refractivity (Wildman–Crippen MR) is 66.0 cm³/mol. The van der Waals surface area contributed by atoms with E-state index in [1.165, 1.54) is 0 Å². The third-order valence-corrected chi connectivity index (χ3v) is 3.36. The smallest absolute Gasteiger partial charge is 0.125 e. The Balaban J connectivity index is 2.04. The van der Waals surface area contributed by atoms with Gasteiger partial charge >= 0.3 is 0 Å². The van der Waals surface area contributed by atoms with Crippen LogP contribution in [0.3, 0.4) is 0 Å². The Hall–Kier alpha value is -1.06. The van der Waals surface area contributed by atoms with Crippen molar-refractivity contribution in [3.8, 4) is 5.75 Å². The Morgan fingerprint density at radius 3 is 2.71 bits per heavy atom. The van der Waals surface area contributed by atoms with Gasteiger partial charge in [-0.3, -0.25) is 0 Å². The summed E-state index contributed by atoms with van der Waals surface area (Å²) < 4.78 is 10.6. The molecule has 3 heteroatoms. The maximum atomic E-state index is 10.3. The van der Waals surface area contributed by atoms with Crippen molar-refractivity contribution >= 4 is 0 Å². The molecule has 0 radical (unpaired) electrons. The quantitative estimate of drug-likeness (QED) is 0.771. The number of ether oxygens (including phenoxy) is 2. The first-order valence-electron chi connectivity index (χ1n) is 6.12. The van der Waals surface area contributed by atoms with Crippen molar-refractivity contribution in [2.75, 3.05) is 20.3 Å². The van der Waals surface area contributed by atoms with Crippen molar-refractivity contribution < 1.29 is 14.6 Å². The van der Waals surface area contributed by atoms with Gasteiger partial charge in [0.05, 0.1) is 12.7 Å². The molecule has 0 spiro atoms. The molecule has 0 saturated heterocycles. The molecule has 1 aliphatic carbocycles. The second kappa shape index (κ2) is 5.52. The van der Waals surface area contributed by atoms with Crippen LogP contribution in [0.1, 0.15) is 25.0 Å². The Labute approximate surface area is 102 Å². The summed E-state index contributed by atoms with van der Waals surface area (Å²) >= 11 is 0. The number of benzene rings is 1. The lowest BCUT2D eigenvalue weighted by Crippen LogP contribution is -2.09. The molecule has 17 heavy (non-hydrogen) atoms. The number of methoxy groups -OCH3 is 1. The molecule has 0 aromatic heterocycles. The summed E-state index contributed by atoms with van der Waals surface area (Å²) in [7, 11) is 1.65. The minimum Gasteiger partial charge on any atom is -0.491 e. The fraction of sp³-hybridized carbons (Fsp3) is 0.571. The average molecular weight is 236 g/mol. The summed E-state index contributed by atoms with van der Waals surface area (Å²) in [5.74, 6) is 1.79. The molecule has 2 rings (SSSR count). The molecule has 0 heterocycles. The van der Waals surface area contributed by atoms with Gasteiger partial charge in [0.25, 0.3) is 0 Å². The minimum atomic E-state index is -0.399. The van der Waals surface area contributed by atoms with E-state index in [-0.39, 0.29) is 0 Å². The highest BCUT2D eigenvalue weighted by molar-refractivity contribution is 5.36. The SMILES string of the molecule is COCCOc1ccccc1C(O)C1CC1C. The molecule has 3 nitrogen and oxygen atoms in total. The Bertz CT molecular complexity index is 364. The molecule has 1 aromatic carbocycles. The van der Waals surface area contributed by atoms with Gasteiger partial charge in [0.1, 0.15) is 12.4 Å². The highest BCUT2D eigenvalue weighted by Gasteiger charge is 2.40. The van der Waals surface area contributed by atoms with Gasteiger partial charge in [0.2, 0.25) is 0 Å². The van der Waals surface area contributed by atoms with Gasteiger partial charge in [-0.2, -0.15) is 0 Å². The lowest BCUT2D eigenvalue weighted by atomic mass is 10.0. The van der Waals surface area contributed by atoms with Crippen LogP contribution in [0.5, 0.6) is 5.75 Å². The molecule has 0 bridgehead atoms. The number of aliphatic hydroxyl groups excluding tert-OH is 1. The largest absolute Gasteiger partial charge is 0.491 e. The molecule has 0 amide bonds. The molecule has 1 aliphatic rings. The maximum absolute atomic E-state index is 10.3. The second-order valence-electron chi connectivity index (χ2n) is 4.70. The fourth-order valence-corrected chi connectivity index (χ4v) is 2.11. The van der Waals surface area contributed by atoms with E-state index in [1.54, 1.807) is 7.11 Å². The summed E-state index contributed by atoms with van der Waals surface area (Å²) in [6.45, 7) is 3.24. The molecular weight excluding hydrogens is 216 g/mol. The summed E-state index contributed by atoms with van der Waals surface area (Å²) in [4.78, 5) is 0. The predicted octanol–water partition coefficient (Wildman–Crippen LogP) is 2.40. The molecule has 94 valence electrons. The zero-order valence-corrected chi connectivity index (χ0v) is 10.4. The van der Waals surface area contributed by atoms with Gasteiger partial charge < -0.3 is 14.6 Å². The first-order valence-corrected chi connectivity index (χ1v) is 6.12. The average Bonchev–Trinajstić information content (AvgIpc) is 3.07. The zero-order valence-electron chi connectivity index (χ0n) is 10.4. The van der Waals surface area contributed by atoms with Gasteiger partial charge in [0.15, 0.2) is 0 Å². The topological polar surface area (TPSA) is 38.7 Å². The van der Waals surface area contributed by atoms with Gasteiger partial charge in [0, 0.05) is 12.7 Å². The van der Waals surface area contributed by atoms with Crippen LogP contribution in [-0.4, -0.2) is 25.4 Å². The Morgan fingerprint density at radius 1 is 1.35 bits per heavy atom. The van der Waals surface area contributed by atoms with E-state index < -0.39 is 6.10 Å². The monoisotopic (exact) mass is 236 g/mol. The lowest BCUT2D eigenvalue weighted by Gasteiger charge is -2.15. The normalized spacial score (nSPS) is 24.4. The Morgan fingerprint density at radius 2 is 2.06 bits per heavy atom. The number of aliphatic hydroxyl groups is 1. The van der Waals surface area contributed by atoms with E-state index in [2.05, 4.69) is 6.92 Å². The first kappa shape index (κ1) is 12.4. The van der Waals surface area contributed by atoms with Crippen molar-refractivity contribution in [1.82, 2.24) is 0 Å². The van der Waals surface area contributed by atoms with Crippen LogP contribution < -0.4 is 4.74 Å². The summed E-state index contributed by atoms with van der Waals surface area (Å²) in [5.41, 5.74) is 0.901. The maximum Gasteiger partial charge on any atom is 0.125 e. The third-order valence-electron chi connectivity index (χ3n) is 3.36. The molecule has 1 saturated carbocycles. The van der Waals surface area contributed by atoms with Crippen molar-refractivity contribution in [2.45, 2.75) is 19.4 Å². The fourth-order valence-electron chi connectivity index (χ4n) is 2.11. The number of rotatable bonds is 6. The van der Waals surface area contributed by atoms with Crippen molar-refractivity contribution in [3.63, 3.8) is 0 Å². The highest BCUT2D eigenvalue weighted by Crippen LogP contribution is 2.48. The number of hydrogen-bond acceptors (Lipinski definition) is 3. The van der Waals surface area contributed by atoms with Crippen LogP contribution in [-0.2, 0) is 4.74 Å². The summed E-state index contributed by atoms with van der Waals surface area (Å²) in [6, 6.07) is 7.71. The Kier molecular flexibility index (Phi) is 4.02. The van der Waals surface area contributed by atoms with Crippen LogP contribution in [0.15, 0.2) is 24.3 Å². The van der Waals surface area contributed by atoms with Gasteiger partial charge in [-0.05, 0) is 24.3 Å².